The molecule has 2 aromatic heterocycles. The molecule has 21 heavy (non-hydrogen) atoms. The average molecular weight is 285 g/mol. The molecule has 0 spiro atoms. The Morgan fingerprint density at radius 1 is 1.33 bits per heavy atom. The minimum absolute atomic E-state index is 0.0133. The molecule has 2 aromatic rings. The number of hydrogen-bond donors (Lipinski definition) is 1. The molecule has 0 bridgehead atoms. The molecule has 110 valence electrons. The van der Waals surface area contributed by atoms with Crippen LogP contribution in [0.25, 0.3) is 0 Å². The topological polar surface area (TPSA) is 58.4 Å². The lowest BCUT2D eigenvalue weighted by Gasteiger charge is -2.16. The number of rotatable bonds is 3. The number of hydrogen-bond acceptors (Lipinski definition) is 3. The van der Waals surface area contributed by atoms with E-state index in [0.717, 1.165) is 5.69 Å². The number of aromatic nitrogens is 2. The van der Waals surface area contributed by atoms with Gasteiger partial charge in [-0.15, -0.1) is 0 Å². The van der Waals surface area contributed by atoms with Crippen molar-refractivity contribution in [2.75, 3.05) is 19.7 Å². The Labute approximate surface area is 123 Å². The van der Waals surface area contributed by atoms with Crippen LogP contribution < -0.4 is 0 Å². The SMILES string of the molecule is Cn1cccc1C(=O)N1C[C@@H](CO)[C@H](c2ccccn2)C1. The summed E-state index contributed by atoms with van der Waals surface area (Å²) in [5.41, 5.74) is 1.62. The van der Waals surface area contributed by atoms with Crippen LogP contribution in [0, 0.1) is 5.92 Å². The number of aryl methyl sites for hydroxylation is 1. The molecule has 1 fully saturated rings. The largest absolute Gasteiger partial charge is 0.396 e. The third-order valence-electron chi connectivity index (χ3n) is 4.19. The zero-order valence-corrected chi connectivity index (χ0v) is 12.0. The van der Waals surface area contributed by atoms with Crippen LogP contribution in [0.2, 0.25) is 0 Å². The van der Waals surface area contributed by atoms with E-state index in [0.29, 0.717) is 18.8 Å². The van der Waals surface area contributed by atoms with Gasteiger partial charge in [-0.3, -0.25) is 9.78 Å². The average Bonchev–Trinajstić information content (AvgIpc) is 3.13. The molecule has 0 saturated carbocycles. The number of carbonyl (C=O) groups is 1. The maximum atomic E-state index is 12.6. The fourth-order valence-corrected chi connectivity index (χ4v) is 3.00. The monoisotopic (exact) mass is 285 g/mol. The van der Waals surface area contributed by atoms with E-state index in [1.54, 1.807) is 6.20 Å². The smallest absolute Gasteiger partial charge is 0.270 e. The summed E-state index contributed by atoms with van der Waals surface area (Å²) in [5.74, 6) is 0.156. The van der Waals surface area contributed by atoms with E-state index in [1.165, 1.54) is 0 Å². The highest BCUT2D eigenvalue weighted by Gasteiger charge is 2.37. The van der Waals surface area contributed by atoms with E-state index in [2.05, 4.69) is 4.98 Å². The molecule has 0 unspecified atom stereocenters. The van der Waals surface area contributed by atoms with Gasteiger partial charge in [0.2, 0.25) is 0 Å². The van der Waals surface area contributed by atoms with Crippen LogP contribution >= 0.6 is 0 Å². The molecule has 5 heteroatoms. The van der Waals surface area contributed by atoms with Gasteiger partial charge in [0.1, 0.15) is 5.69 Å². The summed E-state index contributed by atoms with van der Waals surface area (Å²) in [6.45, 7) is 1.24. The summed E-state index contributed by atoms with van der Waals surface area (Å²) in [4.78, 5) is 18.8. The highest BCUT2D eigenvalue weighted by Crippen LogP contribution is 2.32. The number of pyridine rings is 1. The van der Waals surface area contributed by atoms with Crippen LogP contribution in [0.4, 0.5) is 0 Å². The lowest BCUT2D eigenvalue weighted by atomic mass is 9.93. The highest BCUT2D eigenvalue weighted by molar-refractivity contribution is 5.93. The van der Waals surface area contributed by atoms with Gasteiger partial charge in [-0.05, 0) is 24.3 Å². The first-order chi connectivity index (χ1) is 10.2. The minimum atomic E-state index is 0.0133. The molecule has 3 rings (SSSR count). The Balaban J connectivity index is 1.81. The van der Waals surface area contributed by atoms with E-state index >= 15 is 0 Å². The Hall–Kier alpha value is -2.14. The molecular weight excluding hydrogens is 266 g/mol. The molecule has 0 aromatic carbocycles. The maximum Gasteiger partial charge on any atom is 0.270 e. The fourth-order valence-electron chi connectivity index (χ4n) is 3.00. The van der Waals surface area contributed by atoms with Crippen molar-refractivity contribution in [3.05, 3.63) is 54.1 Å². The number of aliphatic hydroxyl groups is 1. The zero-order valence-electron chi connectivity index (χ0n) is 12.0. The lowest BCUT2D eigenvalue weighted by Crippen LogP contribution is -2.30. The normalized spacial score (nSPS) is 21.7. The van der Waals surface area contributed by atoms with Crippen LogP contribution in [-0.4, -0.2) is 45.2 Å². The second kappa shape index (κ2) is 5.69. The second-order valence-electron chi connectivity index (χ2n) is 5.52. The highest BCUT2D eigenvalue weighted by atomic mass is 16.3. The Morgan fingerprint density at radius 3 is 2.81 bits per heavy atom. The number of nitrogens with zero attached hydrogens (tertiary/aromatic N) is 3. The molecule has 5 nitrogen and oxygen atoms in total. The Kier molecular flexibility index (Phi) is 3.75. The van der Waals surface area contributed by atoms with Crippen molar-refractivity contribution in [2.45, 2.75) is 5.92 Å². The van der Waals surface area contributed by atoms with Crippen molar-refractivity contribution in [2.24, 2.45) is 13.0 Å². The maximum absolute atomic E-state index is 12.6. The number of likely N-dealkylation sites (tertiary alicyclic amines) is 1. The molecule has 1 saturated heterocycles. The predicted molar refractivity (Wildman–Crippen MR) is 78.9 cm³/mol. The molecule has 1 N–H and O–H groups in total. The summed E-state index contributed by atoms with van der Waals surface area (Å²) in [6, 6.07) is 9.47. The van der Waals surface area contributed by atoms with Gasteiger partial charge in [-0.2, -0.15) is 0 Å². The van der Waals surface area contributed by atoms with E-state index in [4.69, 9.17) is 0 Å². The summed E-state index contributed by atoms with van der Waals surface area (Å²) < 4.78 is 1.82. The Morgan fingerprint density at radius 2 is 2.19 bits per heavy atom. The van der Waals surface area contributed by atoms with Crippen molar-refractivity contribution in [3.8, 4) is 0 Å². The first kappa shape index (κ1) is 13.8. The molecule has 1 amide bonds. The number of amides is 1. The van der Waals surface area contributed by atoms with E-state index in [-0.39, 0.29) is 24.3 Å². The van der Waals surface area contributed by atoms with Crippen LogP contribution in [0.1, 0.15) is 22.1 Å². The van der Waals surface area contributed by atoms with Crippen molar-refractivity contribution >= 4 is 5.91 Å². The number of aliphatic hydroxyl groups excluding tert-OH is 1. The molecule has 3 heterocycles. The molecule has 1 aliphatic heterocycles. The second-order valence-corrected chi connectivity index (χ2v) is 5.52. The molecule has 2 atom stereocenters. The Bertz CT molecular complexity index is 623. The zero-order chi connectivity index (χ0) is 14.8. The van der Waals surface area contributed by atoms with Gasteiger partial charge < -0.3 is 14.6 Å². The lowest BCUT2D eigenvalue weighted by molar-refractivity contribution is 0.0772. The quantitative estimate of drug-likeness (QED) is 0.924. The van der Waals surface area contributed by atoms with Gasteiger partial charge in [0.15, 0.2) is 0 Å². The number of carbonyl (C=O) groups excluding carboxylic acids is 1. The third-order valence-corrected chi connectivity index (χ3v) is 4.19. The van der Waals surface area contributed by atoms with Gasteiger partial charge >= 0.3 is 0 Å². The predicted octanol–water partition coefficient (Wildman–Crippen LogP) is 1.27. The summed E-state index contributed by atoms with van der Waals surface area (Å²) in [7, 11) is 1.86. The van der Waals surface area contributed by atoms with Crippen LogP contribution in [0.5, 0.6) is 0 Å². The van der Waals surface area contributed by atoms with E-state index in [9.17, 15) is 9.90 Å². The van der Waals surface area contributed by atoms with E-state index in [1.807, 2.05) is 53.0 Å². The van der Waals surface area contributed by atoms with E-state index < -0.39 is 0 Å². The molecule has 0 aliphatic carbocycles. The van der Waals surface area contributed by atoms with Crippen molar-refractivity contribution in [1.29, 1.82) is 0 Å². The van der Waals surface area contributed by atoms with Crippen LogP contribution in [-0.2, 0) is 7.05 Å². The first-order valence-electron chi connectivity index (χ1n) is 7.13. The standard InChI is InChI=1S/C16H19N3O2/c1-18-8-4-6-15(18)16(21)19-9-12(11-20)13(10-19)14-5-2-3-7-17-14/h2-8,12-13,20H,9-11H2,1H3/t12-,13+/m0/s1. The molecular formula is C16H19N3O2. The fraction of sp³-hybridized carbons (Fsp3) is 0.375. The third kappa shape index (κ3) is 2.56. The first-order valence-corrected chi connectivity index (χ1v) is 7.13. The summed E-state index contributed by atoms with van der Waals surface area (Å²) in [6.07, 6.45) is 3.62. The summed E-state index contributed by atoms with van der Waals surface area (Å²) in [5, 5.41) is 9.61. The molecule has 0 radical (unpaired) electrons. The summed E-state index contributed by atoms with van der Waals surface area (Å²) >= 11 is 0. The van der Waals surface area contributed by atoms with Crippen molar-refractivity contribution in [1.82, 2.24) is 14.5 Å². The van der Waals surface area contributed by atoms with Gasteiger partial charge in [0.05, 0.1) is 0 Å². The van der Waals surface area contributed by atoms with Crippen molar-refractivity contribution < 1.29 is 9.90 Å². The molecule has 1 aliphatic rings. The van der Waals surface area contributed by atoms with Gasteiger partial charge in [0.25, 0.3) is 5.91 Å². The van der Waals surface area contributed by atoms with Crippen LogP contribution in [0.3, 0.4) is 0 Å². The van der Waals surface area contributed by atoms with Gasteiger partial charge in [-0.1, -0.05) is 6.07 Å². The van der Waals surface area contributed by atoms with Gasteiger partial charge in [-0.25, -0.2) is 0 Å². The minimum Gasteiger partial charge on any atom is -0.396 e. The van der Waals surface area contributed by atoms with Crippen molar-refractivity contribution in [3.63, 3.8) is 0 Å². The van der Waals surface area contributed by atoms with Crippen LogP contribution in [0.15, 0.2) is 42.7 Å². The van der Waals surface area contributed by atoms with Gasteiger partial charge in [0, 0.05) is 56.7 Å².